The molecule has 1 aliphatic carbocycles. The zero-order valence-corrected chi connectivity index (χ0v) is 14.4. The molecule has 4 rings (SSSR count). The highest BCUT2D eigenvalue weighted by molar-refractivity contribution is 9.10. The normalized spacial score (nSPS) is 23.8. The number of hydrogen-bond donors (Lipinski definition) is 1. The van der Waals surface area contributed by atoms with Gasteiger partial charge in [-0.2, -0.15) is 0 Å². The van der Waals surface area contributed by atoms with Gasteiger partial charge in [0.2, 0.25) is 0 Å². The molecule has 2 heterocycles. The Labute approximate surface area is 143 Å². The fourth-order valence-corrected chi connectivity index (χ4v) is 3.67. The van der Waals surface area contributed by atoms with Crippen molar-refractivity contribution in [3.8, 4) is 5.69 Å². The molecule has 1 aromatic heterocycles. The van der Waals surface area contributed by atoms with Gasteiger partial charge in [0.25, 0.3) is 0 Å². The highest BCUT2D eigenvalue weighted by Crippen LogP contribution is 2.39. The van der Waals surface area contributed by atoms with Crippen LogP contribution in [0.15, 0.2) is 28.7 Å². The van der Waals surface area contributed by atoms with E-state index in [-0.39, 0.29) is 12.3 Å². The fraction of sp³-hybridized carbons (Fsp3) is 0.562. The summed E-state index contributed by atoms with van der Waals surface area (Å²) in [6.07, 6.45) is 5.14. The lowest BCUT2D eigenvalue weighted by Gasteiger charge is -2.37. The Morgan fingerprint density at radius 2 is 2.09 bits per heavy atom. The number of nitrogens with zero attached hydrogens (tertiary/aromatic N) is 5. The lowest BCUT2D eigenvalue weighted by atomic mass is 10.0. The molecule has 122 valence electrons. The third-order valence-electron chi connectivity index (χ3n) is 4.69. The number of hydrogen-bond acceptors (Lipinski definition) is 5. The Balaban J connectivity index is 1.59. The SMILES string of the molecule is OC(C1CC1)N1CCCCC1c1nnn(-c2cccc(Br)c2)n1. The van der Waals surface area contributed by atoms with Gasteiger partial charge in [0.05, 0.1) is 11.7 Å². The van der Waals surface area contributed by atoms with E-state index >= 15 is 0 Å². The molecular formula is C16H20BrN5O. The van der Waals surface area contributed by atoms with E-state index in [1.165, 1.54) is 0 Å². The van der Waals surface area contributed by atoms with Crippen LogP contribution >= 0.6 is 15.9 Å². The van der Waals surface area contributed by atoms with Crippen molar-refractivity contribution in [1.82, 2.24) is 25.1 Å². The van der Waals surface area contributed by atoms with E-state index in [1.807, 2.05) is 24.3 Å². The molecular weight excluding hydrogens is 358 g/mol. The summed E-state index contributed by atoms with van der Waals surface area (Å²) >= 11 is 3.46. The lowest BCUT2D eigenvalue weighted by molar-refractivity contribution is -0.0575. The third kappa shape index (κ3) is 3.18. The minimum Gasteiger partial charge on any atom is -0.378 e. The summed E-state index contributed by atoms with van der Waals surface area (Å²) in [5, 5.41) is 23.6. The second kappa shape index (κ2) is 6.30. The van der Waals surface area contributed by atoms with Gasteiger partial charge in [-0.1, -0.05) is 28.4 Å². The minimum absolute atomic E-state index is 0.0697. The fourth-order valence-electron chi connectivity index (χ4n) is 3.28. The van der Waals surface area contributed by atoms with Gasteiger partial charge in [-0.3, -0.25) is 4.90 Å². The smallest absolute Gasteiger partial charge is 0.192 e. The van der Waals surface area contributed by atoms with Crippen LogP contribution in [-0.2, 0) is 0 Å². The quantitative estimate of drug-likeness (QED) is 0.886. The van der Waals surface area contributed by atoms with Crippen molar-refractivity contribution in [2.45, 2.75) is 44.4 Å². The highest BCUT2D eigenvalue weighted by Gasteiger charge is 2.39. The number of likely N-dealkylation sites (tertiary alicyclic amines) is 1. The van der Waals surface area contributed by atoms with E-state index in [9.17, 15) is 5.11 Å². The summed E-state index contributed by atoms with van der Waals surface area (Å²) in [5.74, 6) is 1.14. The number of aromatic nitrogens is 4. The summed E-state index contributed by atoms with van der Waals surface area (Å²) in [7, 11) is 0. The van der Waals surface area contributed by atoms with Crippen LogP contribution < -0.4 is 0 Å². The number of halogens is 1. The van der Waals surface area contributed by atoms with Crippen molar-refractivity contribution < 1.29 is 5.11 Å². The average molecular weight is 378 g/mol. The number of aliphatic hydroxyl groups is 1. The Bertz CT molecular complexity index is 687. The maximum absolute atomic E-state index is 10.5. The summed E-state index contributed by atoms with van der Waals surface area (Å²) < 4.78 is 0.984. The largest absolute Gasteiger partial charge is 0.378 e. The van der Waals surface area contributed by atoms with Crippen molar-refractivity contribution in [3.63, 3.8) is 0 Å². The zero-order valence-electron chi connectivity index (χ0n) is 12.8. The van der Waals surface area contributed by atoms with E-state index in [1.54, 1.807) is 4.80 Å². The Morgan fingerprint density at radius 3 is 2.87 bits per heavy atom. The number of piperidine rings is 1. The molecule has 23 heavy (non-hydrogen) atoms. The van der Waals surface area contributed by atoms with Gasteiger partial charge in [-0.15, -0.1) is 15.0 Å². The molecule has 0 bridgehead atoms. The summed E-state index contributed by atoms with van der Waals surface area (Å²) in [5.41, 5.74) is 0.878. The number of aliphatic hydroxyl groups excluding tert-OH is 1. The first-order valence-corrected chi connectivity index (χ1v) is 9.01. The second-order valence-electron chi connectivity index (χ2n) is 6.42. The Kier molecular flexibility index (Phi) is 4.17. The molecule has 1 saturated carbocycles. The standard InChI is InChI=1S/C16H20BrN5O/c17-12-4-3-5-13(10-12)22-19-15(18-20-22)14-6-1-2-9-21(14)16(23)11-7-8-11/h3-5,10-11,14,16,23H,1-2,6-9H2. The van der Waals surface area contributed by atoms with Gasteiger partial charge < -0.3 is 5.11 Å². The van der Waals surface area contributed by atoms with Crippen LogP contribution in [0.5, 0.6) is 0 Å². The Morgan fingerprint density at radius 1 is 1.22 bits per heavy atom. The zero-order chi connectivity index (χ0) is 15.8. The molecule has 1 aromatic carbocycles. The molecule has 0 spiro atoms. The molecule has 0 radical (unpaired) electrons. The molecule has 1 aliphatic heterocycles. The van der Waals surface area contributed by atoms with Crippen LogP contribution in [0, 0.1) is 5.92 Å². The van der Waals surface area contributed by atoms with Crippen LogP contribution in [-0.4, -0.2) is 43.0 Å². The summed E-state index contributed by atoms with van der Waals surface area (Å²) in [6.45, 7) is 0.910. The monoisotopic (exact) mass is 377 g/mol. The molecule has 2 aromatic rings. The van der Waals surface area contributed by atoms with Gasteiger partial charge in [-0.05, 0) is 55.0 Å². The van der Waals surface area contributed by atoms with E-state index < -0.39 is 0 Å². The maximum Gasteiger partial charge on any atom is 0.192 e. The Hall–Kier alpha value is -1.31. The van der Waals surface area contributed by atoms with Crippen LogP contribution in [0.1, 0.15) is 44.0 Å². The first kappa shape index (κ1) is 15.2. The molecule has 2 fully saturated rings. The molecule has 1 saturated heterocycles. The van der Waals surface area contributed by atoms with E-state index in [2.05, 4.69) is 36.2 Å². The summed E-state index contributed by atoms with van der Waals surface area (Å²) in [6, 6.07) is 7.90. The molecule has 2 aliphatic rings. The molecule has 0 amide bonds. The number of tetrazole rings is 1. The van der Waals surface area contributed by atoms with Crippen molar-refractivity contribution >= 4 is 15.9 Å². The van der Waals surface area contributed by atoms with E-state index in [4.69, 9.17) is 0 Å². The van der Waals surface area contributed by atoms with Gasteiger partial charge in [0, 0.05) is 11.0 Å². The molecule has 1 N–H and O–H groups in total. The van der Waals surface area contributed by atoms with Crippen LogP contribution in [0.4, 0.5) is 0 Å². The second-order valence-corrected chi connectivity index (χ2v) is 7.33. The number of rotatable bonds is 4. The molecule has 2 unspecified atom stereocenters. The van der Waals surface area contributed by atoms with Crippen molar-refractivity contribution in [3.05, 3.63) is 34.6 Å². The minimum atomic E-state index is -0.363. The molecule has 6 nitrogen and oxygen atoms in total. The van der Waals surface area contributed by atoms with E-state index in [0.717, 1.165) is 48.8 Å². The topological polar surface area (TPSA) is 67.1 Å². The first-order valence-electron chi connectivity index (χ1n) is 8.22. The van der Waals surface area contributed by atoms with Crippen LogP contribution in [0.2, 0.25) is 0 Å². The van der Waals surface area contributed by atoms with Gasteiger partial charge >= 0.3 is 0 Å². The van der Waals surface area contributed by atoms with Gasteiger partial charge in [0.15, 0.2) is 5.82 Å². The first-order chi connectivity index (χ1) is 11.2. The van der Waals surface area contributed by atoms with E-state index in [0.29, 0.717) is 11.7 Å². The highest BCUT2D eigenvalue weighted by atomic mass is 79.9. The number of benzene rings is 1. The van der Waals surface area contributed by atoms with Crippen molar-refractivity contribution in [2.75, 3.05) is 6.54 Å². The van der Waals surface area contributed by atoms with Gasteiger partial charge in [-0.25, -0.2) is 0 Å². The summed E-state index contributed by atoms with van der Waals surface area (Å²) in [4.78, 5) is 3.74. The molecule has 7 heteroatoms. The van der Waals surface area contributed by atoms with Crippen molar-refractivity contribution in [2.24, 2.45) is 5.92 Å². The van der Waals surface area contributed by atoms with Crippen LogP contribution in [0.25, 0.3) is 5.69 Å². The van der Waals surface area contributed by atoms with Crippen LogP contribution in [0.3, 0.4) is 0 Å². The maximum atomic E-state index is 10.5. The van der Waals surface area contributed by atoms with Gasteiger partial charge in [0.1, 0.15) is 6.23 Å². The lowest BCUT2D eigenvalue weighted by Crippen LogP contribution is -2.43. The molecule has 2 atom stereocenters. The third-order valence-corrected chi connectivity index (χ3v) is 5.19. The predicted octanol–water partition coefficient (Wildman–Crippen LogP) is 2.68. The predicted molar refractivity (Wildman–Crippen MR) is 88.9 cm³/mol. The average Bonchev–Trinajstić information content (AvgIpc) is 3.31. The van der Waals surface area contributed by atoms with Crippen molar-refractivity contribution in [1.29, 1.82) is 0 Å².